The Kier molecular flexibility index (Phi) is 7.33. The van der Waals surface area contributed by atoms with Crippen molar-refractivity contribution >= 4 is 0 Å². The zero-order chi connectivity index (χ0) is 14.3. The Morgan fingerprint density at radius 1 is 1.32 bits per heavy atom. The van der Waals surface area contributed by atoms with Crippen LogP contribution in [0.15, 0.2) is 0 Å². The Hall–Kier alpha value is -0.120. The Bertz CT molecular complexity index is 233. The minimum Gasteiger partial charge on any atom is -0.389 e. The van der Waals surface area contributed by atoms with Crippen LogP contribution < -0.4 is 5.73 Å². The van der Waals surface area contributed by atoms with E-state index in [4.69, 9.17) is 5.73 Å². The van der Waals surface area contributed by atoms with E-state index in [0.717, 1.165) is 37.8 Å². The average Bonchev–Trinajstić information content (AvgIpc) is 2.90. The van der Waals surface area contributed by atoms with Crippen molar-refractivity contribution in [3.8, 4) is 0 Å². The van der Waals surface area contributed by atoms with Crippen LogP contribution >= 0.6 is 0 Å². The standard InChI is InChI=1S/C16H34N2O/c1-4-16(19,13-17)10-7-11-18(12-14(2)3)15-8-5-6-9-15/h14-15,19H,4-13,17H2,1-3H3. The molecule has 0 radical (unpaired) electrons. The highest BCUT2D eigenvalue weighted by Gasteiger charge is 2.25. The van der Waals surface area contributed by atoms with E-state index >= 15 is 0 Å². The summed E-state index contributed by atoms with van der Waals surface area (Å²) in [5.41, 5.74) is 5.03. The van der Waals surface area contributed by atoms with Crippen molar-refractivity contribution in [1.29, 1.82) is 0 Å². The Morgan fingerprint density at radius 3 is 2.42 bits per heavy atom. The quantitative estimate of drug-likeness (QED) is 0.677. The van der Waals surface area contributed by atoms with Gasteiger partial charge in [0.2, 0.25) is 0 Å². The van der Waals surface area contributed by atoms with Crippen LogP contribution in [0, 0.1) is 5.92 Å². The van der Waals surface area contributed by atoms with Crippen LogP contribution in [0.3, 0.4) is 0 Å². The molecule has 1 aliphatic rings. The molecule has 0 spiro atoms. The molecule has 0 heterocycles. The highest BCUT2D eigenvalue weighted by molar-refractivity contribution is 4.81. The fourth-order valence-electron chi connectivity index (χ4n) is 3.20. The molecular weight excluding hydrogens is 236 g/mol. The number of aliphatic hydroxyl groups is 1. The summed E-state index contributed by atoms with van der Waals surface area (Å²) in [5.74, 6) is 0.722. The number of hydrogen-bond donors (Lipinski definition) is 2. The van der Waals surface area contributed by atoms with Gasteiger partial charge in [-0.25, -0.2) is 0 Å². The molecular formula is C16H34N2O. The van der Waals surface area contributed by atoms with Gasteiger partial charge in [-0.2, -0.15) is 0 Å². The van der Waals surface area contributed by atoms with E-state index in [1.165, 1.54) is 32.2 Å². The molecule has 1 rings (SSSR count). The second-order valence-corrected chi connectivity index (χ2v) is 6.71. The summed E-state index contributed by atoms with van der Waals surface area (Å²) in [6.45, 7) is 9.31. The third-order valence-electron chi connectivity index (χ3n) is 4.57. The molecule has 0 bridgehead atoms. The molecule has 0 aromatic carbocycles. The lowest BCUT2D eigenvalue weighted by atomic mass is 9.94. The van der Waals surface area contributed by atoms with Gasteiger partial charge in [0.25, 0.3) is 0 Å². The maximum Gasteiger partial charge on any atom is 0.0767 e. The zero-order valence-corrected chi connectivity index (χ0v) is 13.2. The van der Waals surface area contributed by atoms with Crippen molar-refractivity contribution in [1.82, 2.24) is 4.90 Å². The summed E-state index contributed by atoms with van der Waals surface area (Å²) < 4.78 is 0. The third-order valence-corrected chi connectivity index (χ3v) is 4.57. The van der Waals surface area contributed by atoms with Crippen LogP contribution in [-0.4, -0.2) is 41.3 Å². The van der Waals surface area contributed by atoms with Gasteiger partial charge in [0.1, 0.15) is 0 Å². The minimum absolute atomic E-state index is 0.386. The third kappa shape index (κ3) is 5.80. The SMILES string of the molecule is CCC(O)(CN)CCCN(CC(C)C)C1CCCC1. The molecule has 1 saturated carbocycles. The van der Waals surface area contributed by atoms with E-state index in [1.54, 1.807) is 0 Å². The van der Waals surface area contributed by atoms with Gasteiger partial charge in [0, 0.05) is 19.1 Å². The van der Waals surface area contributed by atoms with Crippen LogP contribution in [0.5, 0.6) is 0 Å². The molecule has 3 N–H and O–H groups in total. The van der Waals surface area contributed by atoms with Gasteiger partial charge in [-0.1, -0.05) is 33.6 Å². The topological polar surface area (TPSA) is 49.5 Å². The highest BCUT2D eigenvalue weighted by atomic mass is 16.3. The highest BCUT2D eigenvalue weighted by Crippen LogP contribution is 2.25. The van der Waals surface area contributed by atoms with Gasteiger partial charge >= 0.3 is 0 Å². The van der Waals surface area contributed by atoms with Crippen LogP contribution in [0.4, 0.5) is 0 Å². The molecule has 1 fully saturated rings. The lowest BCUT2D eigenvalue weighted by Gasteiger charge is -2.32. The van der Waals surface area contributed by atoms with E-state index in [0.29, 0.717) is 6.54 Å². The first-order chi connectivity index (χ1) is 9.00. The van der Waals surface area contributed by atoms with Gasteiger partial charge < -0.3 is 15.7 Å². The van der Waals surface area contributed by atoms with Crippen LogP contribution in [-0.2, 0) is 0 Å². The van der Waals surface area contributed by atoms with E-state index in [-0.39, 0.29) is 0 Å². The van der Waals surface area contributed by atoms with Gasteiger partial charge in [-0.05, 0) is 44.6 Å². The van der Waals surface area contributed by atoms with Gasteiger partial charge in [0.15, 0.2) is 0 Å². The predicted octanol–water partition coefficient (Wildman–Crippen LogP) is 2.77. The van der Waals surface area contributed by atoms with Crippen LogP contribution in [0.2, 0.25) is 0 Å². The van der Waals surface area contributed by atoms with Gasteiger partial charge in [-0.15, -0.1) is 0 Å². The lowest BCUT2D eigenvalue weighted by Crippen LogP contribution is -2.40. The van der Waals surface area contributed by atoms with Gasteiger partial charge in [-0.3, -0.25) is 0 Å². The summed E-state index contributed by atoms with van der Waals surface area (Å²) in [6, 6.07) is 0.787. The Labute approximate surface area is 119 Å². The first kappa shape index (κ1) is 16.9. The summed E-state index contributed by atoms with van der Waals surface area (Å²) >= 11 is 0. The number of nitrogens with two attached hydrogens (primary N) is 1. The van der Waals surface area contributed by atoms with Crippen molar-refractivity contribution in [3.05, 3.63) is 0 Å². The molecule has 0 aliphatic heterocycles. The van der Waals surface area contributed by atoms with Gasteiger partial charge in [0.05, 0.1) is 5.60 Å². The molecule has 3 heteroatoms. The van der Waals surface area contributed by atoms with Crippen molar-refractivity contribution in [2.75, 3.05) is 19.6 Å². The van der Waals surface area contributed by atoms with Crippen molar-refractivity contribution < 1.29 is 5.11 Å². The first-order valence-corrected chi connectivity index (χ1v) is 8.17. The molecule has 1 atom stereocenters. The molecule has 1 aliphatic carbocycles. The molecule has 0 aromatic heterocycles. The molecule has 3 nitrogen and oxygen atoms in total. The molecule has 0 aromatic rings. The fraction of sp³-hybridized carbons (Fsp3) is 1.00. The maximum absolute atomic E-state index is 10.2. The zero-order valence-electron chi connectivity index (χ0n) is 13.2. The lowest BCUT2D eigenvalue weighted by molar-refractivity contribution is 0.0296. The summed E-state index contributed by atoms with van der Waals surface area (Å²) in [6.07, 6.45) is 8.16. The van der Waals surface area contributed by atoms with Crippen molar-refractivity contribution in [3.63, 3.8) is 0 Å². The molecule has 114 valence electrons. The molecule has 0 saturated heterocycles. The maximum atomic E-state index is 10.2. The summed E-state index contributed by atoms with van der Waals surface area (Å²) in [7, 11) is 0. The fourth-order valence-corrected chi connectivity index (χ4v) is 3.20. The van der Waals surface area contributed by atoms with Crippen molar-refractivity contribution in [2.45, 2.75) is 77.4 Å². The van der Waals surface area contributed by atoms with E-state index in [1.807, 2.05) is 6.92 Å². The number of nitrogens with zero attached hydrogens (tertiary/aromatic N) is 1. The van der Waals surface area contributed by atoms with E-state index < -0.39 is 5.60 Å². The summed E-state index contributed by atoms with van der Waals surface area (Å²) in [4.78, 5) is 2.66. The summed E-state index contributed by atoms with van der Waals surface area (Å²) in [5, 5.41) is 10.2. The largest absolute Gasteiger partial charge is 0.389 e. The average molecular weight is 270 g/mol. The molecule has 0 amide bonds. The Morgan fingerprint density at radius 2 is 1.95 bits per heavy atom. The van der Waals surface area contributed by atoms with Crippen molar-refractivity contribution in [2.24, 2.45) is 11.7 Å². The minimum atomic E-state index is -0.640. The monoisotopic (exact) mass is 270 g/mol. The van der Waals surface area contributed by atoms with E-state index in [9.17, 15) is 5.11 Å². The second-order valence-electron chi connectivity index (χ2n) is 6.71. The molecule has 19 heavy (non-hydrogen) atoms. The second kappa shape index (κ2) is 8.23. The molecule has 1 unspecified atom stereocenters. The smallest absolute Gasteiger partial charge is 0.0767 e. The predicted molar refractivity (Wildman–Crippen MR) is 82.2 cm³/mol. The number of hydrogen-bond acceptors (Lipinski definition) is 3. The van der Waals surface area contributed by atoms with E-state index in [2.05, 4.69) is 18.7 Å². The van der Waals surface area contributed by atoms with Crippen LogP contribution in [0.25, 0.3) is 0 Å². The number of rotatable bonds is 9. The van der Waals surface area contributed by atoms with Crippen LogP contribution in [0.1, 0.15) is 65.7 Å². The Balaban J connectivity index is 2.39. The first-order valence-electron chi connectivity index (χ1n) is 8.17. The normalized spacial score (nSPS) is 20.4.